The molecule has 2 unspecified atom stereocenters. The van der Waals surface area contributed by atoms with E-state index in [0.717, 1.165) is 39.0 Å². The molecule has 4 rings (SSSR count). The summed E-state index contributed by atoms with van der Waals surface area (Å²) in [6, 6.07) is 0. The second-order valence-corrected chi connectivity index (χ2v) is 7.50. The van der Waals surface area contributed by atoms with Gasteiger partial charge in [0.1, 0.15) is 0 Å². The molecule has 21 heavy (non-hydrogen) atoms. The van der Waals surface area contributed by atoms with Gasteiger partial charge in [-0.2, -0.15) is 0 Å². The van der Waals surface area contributed by atoms with Gasteiger partial charge < -0.3 is 9.47 Å². The average molecular weight is 302 g/mol. The summed E-state index contributed by atoms with van der Waals surface area (Å²) in [6.07, 6.45) is 5.38. The van der Waals surface area contributed by atoms with Crippen molar-refractivity contribution >= 4 is 5.97 Å². The van der Waals surface area contributed by atoms with E-state index in [2.05, 4.69) is 0 Å². The van der Waals surface area contributed by atoms with E-state index in [1.54, 1.807) is 0 Å². The van der Waals surface area contributed by atoms with Gasteiger partial charge in [0.05, 0.1) is 11.0 Å². The van der Waals surface area contributed by atoms with Crippen molar-refractivity contribution in [1.29, 1.82) is 0 Å². The molecular weight excluding hydrogens is 278 g/mol. The highest BCUT2D eigenvalue weighted by molar-refractivity contribution is 5.77. The molecule has 4 aliphatic carbocycles. The van der Waals surface area contributed by atoms with Crippen LogP contribution in [0.1, 0.15) is 52.4 Å². The van der Waals surface area contributed by atoms with Crippen LogP contribution in [0.2, 0.25) is 0 Å². The average Bonchev–Trinajstić information content (AvgIpc) is 2.33. The van der Waals surface area contributed by atoms with Crippen molar-refractivity contribution in [1.82, 2.24) is 0 Å². The molecule has 0 aromatic heterocycles. The summed E-state index contributed by atoms with van der Waals surface area (Å²) in [6.45, 7) is 2.57. The standard InChI is InChI=1S/C16H24F2O3/c1-3-21-16-7-11-4-12(8-16)6-15(5-11,9-16)13(19)20-10-14(2,17)18/h11-12H,3-10H2,1-2H3. The number of ether oxygens (including phenoxy) is 2. The molecule has 120 valence electrons. The Morgan fingerprint density at radius 2 is 1.86 bits per heavy atom. The van der Waals surface area contributed by atoms with Crippen LogP contribution in [0.15, 0.2) is 0 Å². The number of hydrogen-bond donors (Lipinski definition) is 0. The zero-order chi connectivity index (χ0) is 15.3. The van der Waals surface area contributed by atoms with Gasteiger partial charge in [-0.15, -0.1) is 0 Å². The fourth-order valence-electron chi connectivity index (χ4n) is 5.24. The molecule has 4 bridgehead atoms. The third kappa shape index (κ3) is 2.81. The molecule has 0 aromatic carbocycles. The van der Waals surface area contributed by atoms with Crippen molar-refractivity contribution in [3.8, 4) is 0 Å². The van der Waals surface area contributed by atoms with Crippen LogP contribution in [0.5, 0.6) is 0 Å². The van der Waals surface area contributed by atoms with Crippen molar-refractivity contribution in [2.45, 2.75) is 63.9 Å². The molecule has 3 nitrogen and oxygen atoms in total. The largest absolute Gasteiger partial charge is 0.459 e. The number of carbonyl (C=O) groups is 1. The van der Waals surface area contributed by atoms with Gasteiger partial charge in [0.25, 0.3) is 5.92 Å². The van der Waals surface area contributed by atoms with E-state index in [1.165, 1.54) is 0 Å². The molecule has 0 amide bonds. The number of hydrogen-bond acceptors (Lipinski definition) is 3. The molecule has 0 aromatic rings. The first-order chi connectivity index (χ1) is 9.76. The van der Waals surface area contributed by atoms with Gasteiger partial charge in [-0.25, -0.2) is 8.78 Å². The van der Waals surface area contributed by atoms with E-state index in [4.69, 9.17) is 9.47 Å². The first-order valence-electron chi connectivity index (χ1n) is 7.95. The van der Waals surface area contributed by atoms with E-state index in [0.29, 0.717) is 24.9 Å². The highest BCUT2D eigenvalue weighted by Crippen LogP contribution is 2.63. The lowest BCUT2D eigenvalue weighted by Gasteiger charge is -2.60. The molecule has 0 aliphatic heterocycles. The lowest BCUT2D eigenvalue weighted by molar-refractivity contribution is -0.212. The molecule has 5 heteroatoms. The summed E-state index contributed by atoms with van der Waals surface area (Å²) < 4.78 is 36.9. The minimum absolute atomic E-state index is 0.216. The minimum Gasteiger partial charge on any atom is -0.459 e. The third-order valence-electron chi connectivity index (χ3n) is 5.35. The van der Waals surface area contributed by atoms with Crippen LogP contribution in [0.25, 0.3) is 0 Å². The molecule has 2 atom stereocenters. The second kappa shape index (κ2) is 4.90. The Bertz CT molecular complexity index is 416. The van der Waals surface area contributed by atoms with Crippen LogP contribution >= 0.6 is 0 Å². The molecule has 0 heterocycles. The summed E-state index contributed by atoms with van der Waals surface area (Å²) in [7, 11) is 0. The Balaban J connectivity index is 1.76. The number of alkyl halides is 2. The van der Waals surface area contributed by atoms with Crippen LogP contribution in [-0.4, -0.2) is 30.7 Å². The van der Waals surface area contributed by atoms with Crippen molar-refractivity contribution in [3.05, 3.63) is 0 Å². The van der Waals surface area contributed by atoms with E-state index in [1.807, 2.05) is 6.92 Å². The summed E-state index contributed by atoms with van der Waals surface area (Å²) >= 11 is 0. The number of carbonyl (C=O) groups excluding carboxylic acids is 1. The van der Waals surface area contributed by atoms with Crippen molar-refractivity contribution in [2.24, 2.45) is 17.3 Å². The summed E-state index contributed by atoms with van der Waals surface area (Å²) in [5.41, 5.74) is -0.795. The zero-order valence-corrected chi connectivity index (χ0v) is 12.8. The minimum atomic E-state index is -2.96. The normalized spacial score (nSPS) is 41.3. The van der Waals surface area contributed by atoms with Gasteiger partial charge in [0.15, 0.2) is 6.61 Å². The molecule has 4 saturated carbocycles. The third-order valence-corrected chi connectivity index (χ3v) is 5.35. The summed E-state index contributed by atoms with van der Waals surface area (Å²) in [4.78, 5) is 12.5. The highest BCUT2D eigenvalue weighted by Gasteiger charge is 2.62. The Hall–Kier alpha value is -0.710. The molecule has 0 spiro atoms. The monoisotopic (exact) mass is 302 g/mol. The van der Waals surface area contributed by atoms with Gasteiger partial charge in [-0.3, -0.25) is 4.79 Å². The SMILES string of the molecule is CCOC12CC3CC(C1)CC(C(=O)OCC(C)(F)F)(C3)C2. The van der Waals surface area contributed by atoms with E-state index in [-0.39, 0.29) is 5.60 Å². The Morgan fingerprint density at radius 1 is 1.24 bits per heavy atom. The molecule has 0 radical (unpaired) electrons. The first-order valence-corrected chi connectivity index (χ1v) is 7.95. The van der Waals surface area contributed by atoms with E-state index < -0.39 is 23.9 Å². The lowest BCUT2D eigenvalue weighted by atomic mass is 9.48. The predicted molar refractivity (Wildman–Crippen MR) is 73.1 cm³/mol. The van der Waals surface area contributed by atoms with Gasteiger partial charge in [0, 0.05) is 13.5 Å². The van der Waals surface area contributed by atoms with Gasteiger partial charge in [-0.1, -0.05) is 0 Å². The zero-order valence-electron chi connectivity index (χ0n) is 12.8. The maximum Gasteiger partial charge on any atom is 0.312 e. The highest BCUT2D eigenvalue weighted by atomic mass is 19.3. The van der Waals surface area contributed by atoms with Gasteiger partial charge in [0.2, 0.25) is 0 Å². The topological polar surface area (TPSA) is 35.5 Å². The molecular formula is C16H24F2O3. The van der Waals surface area contributed by atoms with Crippen molar-refractivity contribution in [2.75, 3.05) is 13.2 Å². The smallest absolute Gasteiger partial charge is 0.312 e. The van der Waals surface area contributed by atoms with Crippen LogP contribution < -0.4 is 0 Å². The van der Waals surface area contributed by atoms with Gasteiger partial charge in [-0.05, 0) is 57.3 Å². The Kier molecular flexibility index (Phi) is 3.55. The van der Waals surface area contributed by atoms with Crippen molar-refractivity contribution < 1.29 is 23.0 Å². The lowest BCUT2D eigenvalue weighted by Crippen LogP contribution is -2.59. The van der Waals surface area contributed by atoms with Crippen LogP contribution in [0.4, 0.5) is 8.78 Å². The summed E-state index contributed by atoms with van der Waals surface area (Å²) in [5, 5.41) is 0. The molecule has 4 aliphatic rings. The quantitative estimate of drug-likeness (QED) is 0.728. The maximum atomic E-state index is 12.9. The van der Waals surface area contributed by atoms with Gasteiger partial charge >= 0.3 is 5.97 Å². The molecule has 0 N–H and O–H groups in total. The second-order valence-electron chi connectivity index (χ2n) is 7.50. The predicted octanol–water partition coefficient (Wildman–Crippen LogP) is 3.56. The molecule has 4 fully saturated rings. The van der Waals surface area contributed by atoms with Crippen molar-refractivity contribution in [3.63, 3.8) is 0 Å². The Morgan fingerprint density at radius 3 is 2.38 bits per heavy atom. The number of rotatable bonds is 5. The summed E-state index contributed by atoms with van der Waals surface area (Å²) in [5.74, 6) is -2.43. The fraction of sp³-hybridized carbons (Fsp3) is 0.938. The van der Waals surface area contributed by atoms with E-state index in [9.17, 15) is 13.6 Å². The first kappa shape index (κ1) is 15.2. The number of halogens is 2. The molecule has 0 saturated heterocycles. The van der Waals surface area contributed by atoms with Crippen LogP contribution in [-0.2, 0) is 14.3 Å². The maximum absolute atomic E-state index is 12.9. The van der Waals surface area contributed by atoms with E-state index >= 15 is 0 Å². The van der Waals surface area contributed by atoms with Crippen LogP contribution in [0, 0.1) is 17.3 Å². The Labute approximate surface area is 124 Å². The number of esters is 1. The van der Waals surface area contributed by atoms with Crippen LogP contribution in [0.3, 0.4) is 0 Å². The fourth-order valence-corrected chi connectivity index (χ4v) is 5.24.